The number of fused-ring (bicyclic) bond motifs is 2. The lowest BCUT2D eigenvalue weighted by Gasteiger charge is -2.14. The first kappa shape index (κ1) is 51.5. The number of H-pyrrole nitrogens is 1. The largest absolute Gasteiger partial charge is 0.505 e. The van der Waals surface area contributed by atoms with Crippen molar-refractivity contribution in [2.75, 3.05) is 26.4 Å². The van der Waals surface area contributed by atoms with E-state index in [0.29, 0.717) is 29.2 Å². The number of aryl methyl sites for hydroxylation is 2. The number of aromatic nitrogens is 2. The molecule has 1 heterocycles. The minimum Gasteiger partial charge on any atom is -0.505 e. The summed E-state index contributed by atoms with van der Waals surface area (Å²) in [4.78, 5) is 21.7. The van der Waals surface area contributed by atoms with Gasteiger partial charge in [-0.05, 0) is 85.0 Å². The maximum absolute atomic E-state index is 13.4. The van der Waals surface area contributed by atoms with Gasteiger partial charge >= 0.3 is 5.97 Å². The lowest BCUT2D eigenvalue weighted by Crippen LogP contribution is -2.14. The predicted molar refractivity (Wildman–Crippen MR) is 241 cm³/mol. The topological polar surface area (TPSA) is 446 Å². The van der Waals surface area contributed by atoms with Crippen molar-refractivity contribution in [3.63, 3.8) is 0 Å². The van der Waals surface area contributed by atoms with Crippen LogP contribution in [0.25, 0.3) is 16.5 Å². The van der Waals surface area contributed by atoms with Crippen LogP contribution in [0.5, 0.6) is 17.2 Å². The average molecular weight is 1060 g/mol. The van der Waals surface area contributed by atoms with E-state index in [0.717, 1.165) is 60.5 Å². The third-order valence-electron chi connectivity index (χ3n) is 10.1. The molecule has 1 aliphatic rings. The number of benzene rings is 5. The van der Waals surface area contributed by atoms with E-state index in [2.05, 4.69) is 35.8 Å². The summed E-state index contributed by atoms with van der Waals surface area (Å²) in [6.45, 7) is -1.95. The number of azo groups is 3. The molecule has 0 saturated heterocycles. The molecule has 0 fully saturated rings. The number of hydrogen-bond acceptors (Lipinski definition) is 21. The van der Waals surface area contributed by atoms with Gasteiger partial charge in [0.25, 0.3) is 46.0 Å². The van der Waals surface area contributed by atoms with Gasteiger partial charge in [0, 0.05) is 22.9 Å². The van der Waals surface area contributed by atoms with Crippen LogP contribution in [0.4, 0.5) is 34.1 Å². The van der Waals surface area contributed by atoms with Crippen molar-refractivity contribution in [2.45, 2.75) is 38.8 Å². The van der Waals surface area contributed by atoms with Gasteiger partial charge in [0.15, 0.2) is 17.1 Å². The molecule has 32 heteroatoms. The van der Waals surface area contributed by atoms with Crippen molar-refractivity contribution >= 4 is 91.3 Å². The molecule has 0 aliphatic heterocycles. The van der Waals surface area contributed by atoms with Crippen LogP contribution < -0.4 is 15.0 Å². The average Bonchev–Trinajstić information content (AvgIpc) is 3.90. The number of ether oxygens (including phenoxy) is 2. The third kappa shape index (κ3) is 11.0. The van der Waals surface area contributed by atoms with Gasteiger partial charge < -0.3 is 29.9 Å². The zero-order valence-electron chi connectivity index (χ0n) is 35.5. The number of phenols is 1. The Labute approximate surface area is 398 Å². The Morgan fingerprint density at radius 1 is 0.606 bits per heavy atom. The van der Waals surface area contributed by atoms with Crippen molar-refractivity contribution in [2.24, 2.45) is 30.7 Å². The summed E-state index contributed by atoms with van der Waals surface area (Å²) in [5.74, 6) is -3.54. The summed E-state index contributed by atoms with van der Waals surface area (Å²) in [7, 11) is -20.6. The number of aliphatic hydroxyl groups is 2. The van der Waals surface area contributed by atoms with Gasteiger partial charge in [-0.2, -0.15) is 33.7 Å². The maximum atomic E-state index is 13.4. The Morgan fingerprint density at radius 2 is 1.14 bits per heavy atom. The number of aliphatic hydroxyl groups excluding tert-OH is 2. The number of carbonyl (C=O) groups is 1. The molecule has 7 rings (SSSR count). The zero-order chi connectivity index (χ0) is 51.8. The fraction of sp³-hybridized carbons (Fsp3) is 0.179. The van der Waals surface area contributed by atoms with E-state index in [-0.39, 0.29) is 40.9 Å². The predicted octanol–water partition coefficient (Wildman–Crippen LogP) is 5.19. The highest BCUT2D eigenvalue weighted by Crippen LogP contribution is 2.47. The number of rotatable bonds is 18. The summed E-state index contributed by atoms with van der Waals surface area (Å²) in [5.41, 5.74) is -4.67. The van der Waals surface area contributed by atoms with Crippen LogP contribution >= 0.6 is 0 Å². The maximum Gasteiger partial charge on any atom is 0.356 e. The SMILES string of the molecule is O=C(O)c1[nH]n(-c2ccc(S(=O)(=O)O)cc2)c(=O)c1N=Nc1ccc2c(O)c(N=Nc3cc(OCCO)c(N=Nc4cc5c(cc4S(=O)(=O)O)CCC5)cc3OCCO)c(S(=O)(=O)O)cc2c1S(=O)(=O)O. The third-order valence-corrected chi connectivity index (χ3v) is 13.7. The zero-order valence-corrected chi connectivity index (χ0v) is 38.8. The van der Waals surface area contributed by atoms with Gasteiger partial charge in [-0.25, -0.2) is 9.48 Å². The van der Waals surface area contributed by atoms with Gasteiger partial charge in [0.2, 0.25) is 0 Å². The molecule has 0 spiro atoms. The second-order valence-corrected chi connectivity index (χ2v) is 20.3. The summed E-state index contributed by atoms with van der Waals surface area (Å²) in [6.07, 6.45) is 1.87. The molecule has 1 aliphatic carbocycles. The van der Waals surface area contributed by atoms with Gasteiger partial charge in [0.05, 0.1) is 23.8 Å². The van der Waals surface area contributed by atoms with E-state index in [1.165, 1.54) is 12.1 Å². The molecule has 0 atom stereocenters. The van der Waals surface area contributed by atoms with Crippen molar-refractivity contribution in [1.29, 1.82) is 0 Å². The van der Waals surface area contributed by atoms with Crippen LogP contribution in [0, 0.1) is 0 Å². The van der Waals surface area contributed by atoms with Crippen LogP contribution in [-0.4, -0.2) is 114 Å². The summed E-state index contributed by atoms with van der Waals surface area (Å²) in [5, 5.41) is 64.2. The first-order chi connectivity index (χ1) is 33.3. The van der Waals surface area contributed by atoms with Crippen LogP contribution in [0.1, 0.15) is 28.0 Å². The molecule has 0 radical (unpaired) electrons. The second kappa shape index (κ2) is 19.8. The molecule has 71 heavy (non-hydrogen) atoms. The quantitative estimate of drug-likeness (QED) is 0.0395. The number of carboxylic acids is 1. The summed E-state index contributed by atoms with van der Waals surface area (Å²) in [6, 6.07) is 10.7. The summed E-state index contributed by atoms with van der Waals surface area (Å²) < 4.78 is 151. The van der Waals surface area contributed by atoms with E-state index in [9.17, 15) is 81.9 Å². The fourth-order valence-electron chi connectivity index (χ4n) is 7.07. The standard InChI is InChI=1S/C39H34N8O20S4/c48-10-12-66-29-18-27(30(67-13-11-49)17-26(29)41-43-28-14-19-2-1-3-20(19)15-31(28)69(57,58)59)42-44-33-32(70(60,61)62)16-24-23(36(33)50)8-9-25(37(24)71(63,64)65)40-45-34-35(39(52)53)46-47(38(34)51)21-4-6-22(7-5-21)68(54,55)56/h4-9,14-18,46,48-50H,1-3,10-13H2,(H,52,53)(H,54,55,56)(H,57,58,59)(H,60,61,62)(H,63,64,65). The smallest absolute Gasteiger partial charge is 0.356 e. The highest BCUT2D eigenvalue weighted by molar-refractivity contribution is 7.87. The molecular formula is C39H34N8O20S4. The van der Waals surface area contributed by atoms with Crippen molar-refractivity contribution in [1.82, 2.24) is 9.78 Å². The minimum absolute atomic E-state index is 0.176. The molecule has 374 valence electrons. The number of aromatic carboxylic acids is 1. The van der Waals surface area contributed by atoms with Gasteiger partial charge in [-0.15, -0.1) is 30.7 Å². The van der Waals surface area contributed by atoms with Gasteiger partial charge in [-0.3, -0.25) is 28.1 Å². The highest BCUT2D eigenvalue weighted by atomic mass is 32.2. The van der Waals surface area contributed by atoms with Crippen molar-refractivity contribution < 1.29 is 86.6 Å². The van der Waals surface area contributed by atoms with E-state index in [4.69, 9.17) is 9.47 Å². The fourth-order valence-corrected chi connectivity index (χ4v) is 9.67. The number of phenolic OH excluding ortho intramolecular Hbond substituents is 1. The van der Waals surface area contributed by atoms with E-state index < -0.39 is 131 Å². The van der Waals surface area contributed by atoms with E-state index in [1.807, 2.05) is 0 Å². The number of aromatic amines is 1. The highest BCUT2D eigenvalue weighted by Gasteiger charge is 2.29. The summed E-state index contributed by atoms with van der Waals surface area (Å²) >= 11 is 0. The van der Waals surface area contributed by atoms with Crippen LogP contribution in [0.2, 0.25) is 0 Å². The Bertz CT molecular complexity index is 3780. The van der Waals surface area contributed by atoms with Crippen molar-refractivity contribution in [3.05, 3.63) is 93.9 Å². The Balaban J connectivity index is 1.34. The second-order valence-electron chi connectivity index (χ2n) is 14.7. The number of carboxylic acid groups (broad SMARTS) is 1. The van der Waals surface area contributed by atoms with Gasteiger partial charge in [-0.1, -0.05) is 0 Å². The van der Waals surface area contributed by atoms with Crippen LogP contribution in [0.3, 0.4) is 0 Å². The molecule has 0 saturated carbocycles. The first-order valence-corrected chi connectivity index (χ1v) is 25.6. The monoisotopic (exact) mass is 1060 g/mol. The number of aromatic hydroxyl groups is 1. The molecule has 0 unspecified atom stereocenters. The molecule has 5 aromatic carbocycles. The normalized spacial score (nSPS) is 13.5. The Hall–Kier alpha value is -7.40. The first-order valence-electron chi connectivity index (χ1n) is 19.8. The lowest BCUT2D eigenvalue weighted by molar-refractivity contribution is 0.0690. The van der Waals surface area contributed by atoms with Crippen LogP contribution in [0.15, 0.2) is 122 Å². The molecule has 28 nitrogen and oxygen atoms in total. The Morgan fingerprint density at radius 3 is 1.68 bits per heavy atom. The number of nitrogens with zero attached hydrogens (tertiary/aromatic N) is 7. The molecular weight excluding hydrogens is 1030 g/mol. The number of nitrogens with one attached hydrogen (secondary N) is 1. The molecule has 1 aromatic heterocycles. The molecule has 6 aromatic rings. The minimum atomic E-state index is -5.57. The van der Waals surface area contributed by atoms with Gasteiger partial charge in [0.1, 0.15) is 67.8 Å². The number of hydrogen-bond donors (Lipinski definition) is 9. The molecule has 0 amide bonds. The van der Waals surface area contributed by atoms with E-state index >= 15 is 0 Å². The van der Waals surface area contributed by atoms with E-state index in [1.54, 1.807) is 0 Å². The lowest BCUT2D eigenvalue weighted by atomic mass is 10.1. The Kier molecular flexibility index (Phi) is 14.3. The molecule has 9 N–H and O–H groups in total. The van der Waals surface area contributed by atoms with Crippen LogP contribution in [-0.2, 0) is 53.3 Å². The van der Waals surface area contributed by atoms with Crippen molar-refractivity contribution in [3.8, 4) is 22.9 Å². The molecule has 0 bridgehead atoms.